The lowest BCUT2D eigenvalue weighted by Crippen LogP contribution is -2.39. The summed E-state index contributed by atoms with van der Waals surface area (Å²) in [6, 6.07) is 0. The molecule has 144 valence electrons. The number of nitrogens with one attached hydrogen (secondary N) is 2. The number of rotatable bonds is 8. The van der Waals surface area contributed by atoms with Crippen molar-refractivity contribution in [2.75, 3.05) is 19.7 Å². The number of nitrogens with zero attached hydrogens (tertiary/aromatic N) is 4. The van der Waals surface area contributed by atoms with Crippen molar-refractivity contribution >= 4 is 29.9 Å². The highest BCUT2D eigenvalue weighted by molar-refractivity contribution is 14.0. The highest BCUT2D eigenvalue weighted by Crippen LogP contribution is 2.19. The van der Waals surface area contributed by atoms with Crippen molar-refractivity contribution < 1.29 is 4.74 Å². The van der Waals surface area contributed by atoms with Crippen LogP contribution in [0.1, 0.15) is 58.2 Å². The Kier molecular flexibility index (Phi) is 11.8. The first kappa shape index (κ1) is 22.1. The fraction of sp³-hybridized carbons (Fsp3) is 0.824. The minimum absolute atomic E-state index is 0. The number of aromatic nitrogens is 3. The van der Waals surface area contributed by atoms with E-state index in [0.717, 1.165) is 38.0 Å². The van der Waals surface area contributed by atoms with Gasteiger partial charge in [-0.05, 0) is 26.7 Å². The van der Waals surface area contributed by atoms with Gasteiger partial charge < -0.3 is 19.9 Å². The Bertz CT molecular complexity index is 485. The van der Waals surface area contributed by atoms with E-state index in [1.54, 1.807) is 6.33 Å². The molecule has 2 N–H and O–H groups in total. The van der Waals surface area contributed by atoms with Crippen molar-refractivity contribution in [2.24, 2.45) is 4.99 Å². The molecule has 2 rings (SSSR count). The molecular weight excluding hydrogens is 431 g/mol. The van der Waals surface area contributed by atoms with Crippen molar-refractivity contribution in [2.45, 2.75) is 71.6 Å². The van der Waals surface area contributed by atoms with Crippen molar-refractivity contribution in [1.82, 2.24) is 25.4 Å². The fourth-order valence-electron chi connectivity index (χ4n) is 2.96. The van der Waals surface area contributed by atoms with Gasteiger partial charge in [-0.15, -0.1) is 34.2 Å². The van der Waals surface area contributed by atoms with Gasteiger partial charge in [-0.1, -0.05) is 25.7 Å². The summed E-state index contributed by atoms with van der Waals surface area (Å²) in [4.78, 5) is 4.58. The molecule has 0 atom stereocenters. The molecule has 25 heavy (non-hydrogen) atoms. The molecule has 1 heterocycles. The lowest BCUT2D eigenvalue weighted by Gasteiger charge is -2.16. The highest BCUT2D eigenvalue weighted by Gasteiger charge is 2.12. The van der Waals surface area contributed by atoms with E-state index in [0.29, 0.717) is 12.6 Å². The number of hydrogen-bond donors (Lipinski definition) is 2. The number of ether oxygens (including phenoxy) is 1. The van der Waals surface area contributed by atoms with Crippen LogP contribution in [0.15, 0.2) is 11.3 Å². The summed E-state index contributed by atoms with van der Waals surface area (Å²) < 4.78 is 8.01. The minimum Gasteiger partial charge on any atom is -0.376 e. The Balaban J connectivity index is 0.00000312. The summed E-state index contributed by atoms with van der Waals surface area (Å²) in [6.07, 6.45) is 9.93. The molecule has 1 aromatic heterocycles. The van der Waals surface area contributed by atoms with E-state index in [-0.39, 0.29) is 24.0 Å². The monoisotopic (exact) mass is 464 g/mol. The van der Waals surface area contributed by atoms with E-state index < -0.39 is 0 Å². The van der Waals surface area contributed by atoms with E-state index in [2.05, 4.69) is 39.7 Å². The zero-order chi connectivity index (χ0) is 17.0. The molecule has 1 aromatic rings. The average Bonchev–Trinajstić information content (AvgIpc) is 2.90. The van der Waals surface area contributed by atoms with Crippen LogP contribution in [0.25, 0.3) is 0 Å². The maximum atomic E-state index is 6.01. The average molecular weight is 464 g/mol. The molecule has 1 fully saturated rings. The van der Waals surface area contributed by atoms with Gasteiger partial charge in [-0.3, -0.25) is 0 Å². The number of guanidine groups is 1. The predicted molar refractivity (Wildman–Crippen MR) is 111 cm³/mol. The first-order valence-electron chi connectivity index (χ1n) is 9.34. The highest BCUT2D eigenvalue weighted by atomic mass is 127. The van der Waals surface area contributed by atoms with Crippen LogP contribution in [0.3, 0.4) is 0 Å². The van der Waals surface area contributed by atoms with Gasteiger partial charge in [0.1, 0.15) is 12.9 Å². The van der Waals surface area contributed by atoms with Gasteiger partial charge in [0.2, 0.25) is 0 Å². The molecule has 0 radical (unpaired) electrons. The van der Waals surface area contributed by atoms with E-state index in [9.17, 15) is 0 Å². The van der Waals surface area contributed by atoms with Crippen molar-refractivity contribution in [1.29, 1.82) is 0 Å². The first-order valence-corrected chi connectivity index (χ1v) is 9.34. The summed E-state index contributed by atoms with van der Waals surface area (Å²) in [7, 11) is 0. The topological polar surface area (TPSA) is 76.4 Å². The van der Waals surface area contributed by atoms with Crippen LogP contribution >= 0.6 is 24.0 Å². The van der Waals surface area contributed by atoms with Crippen LogP contribution in [-0.4, -0.2) is 46.5 Å². The molecule has 0 aliphatic heterocycles. The fourth-order valence-corrected chi connectivity index (χ4v) is 2.96. The summed E-state index contributed by atoms with van der Waals surface area (Å²) >= 11 is 0. The quantitative estimate of drug-likeness (QED) is 0.204. The smallest absolute Gasteiger partial charge is 0.191 e. The molecule has 1 aliphatic carbocycles. The molecule has 1 aliphatic rings. The second kappa shape index (κ2) is 13.3. The zero-order valence-corrected chi connectivity index (χ0v) is 17.9. The van der Waals surface area contributed by atoms with E-state index in [1.807, 2.05) is 4.57 Å². The van der Waals surface area contributed by atoms with Gasteiger partial charge in [0.15, 0.2) is 11.8 Å². The largest absolute Gasteiger partial charge is 0.376 e. The number of halogens is 1. The maximum absolute atomic E-state index is 6.01. The summed E-state index contributed by atoms with van der Waals surface area (Å²) in [5.74, 6) is 1.68. The Morgan fingerprint density at radius 1 is 1.24 bits per heavy atom. The second-order valence-electron chi connectivity index (χ2n) is 6.14. The zero-order valence-electron chi connectivity index (χ0n) is 15.5. The van der Waals surface area contributed by atoms with Crippen LogP contribution < -0.4 is 10.6 Å². The van der Waals surface area contributed by atoms with E-state index in [1.165, 1.54) is 38.5 Å². The standard InChI is InChI=1S/C17H32N6O.HI/c1-3-18-17(20-13-16-22-21-14-23(16)4-2)19-11-12-24-15-9-7-5-6-8-10-15;/h14-15H,3-13H2,1-2H3,(H2,18,19,20);1H. The SMILES string of the molecule is CCNC(=NCc1nncn1CC)NCCOC1CCCCCC1.I. The third-order valence-electron chi connectivity index (χ3n) is 4.31. The first-order chi connectivity index (χ1) is 11.8. The molecule has 0 spiro atoms. The third kappa shape index (κ3) is 8.35. The number of hydrogen-bond acceptors (Lipinski definition) is 4. The van der Waals surface area contributed by atoms with Gasteiger partial charge in [0.05, 0.1) is 12.7 Å². The molecule has 8 heteroatoms. The van der Waals surface area contributed by atoms with Crippen molar-refractivity contribution in [3.05, 3.63) is 12.2 Å². The van der Waals surface area contributed by atoms with Gasteiger partial charge in [-0.2, -0.15) is 0 Å². The van der Waals surface area contributed by atoms with E-state index in [4.69, 9.17) is 4.74 Å². The molecule has 0 amide bonds. The Hall–Kier alpha value is -0.900. The van der Waals surface area contributed by atoms with Gasteiger partial charge in [0, 0.05) is 19.6 Å². The summed E-state index contributed by atoms with van der Waals surface area (Å²) in [5.41, 5.74) is 0. The Labute approximate surface area is 168 Å². The van der Waals surface area contributed by atoms with Crippen LogP contribution in [0, 0.1) is 0 Å². The molecular formula is C17H33IN6O. The maximum Gasteiger partial charge on any atom is 0.191 e. The van der Waals surface area contributed by atoms with Crippen LogP contribution in [0.4, 0.5) is 0 Å². The van der Waals surface area contributed by atoms with Crippen LogP contribution in [0.2, 0.25) is 0 Å². The van der Waals surface area contributed by atoms with E-state index >= 15 is 0 Å². The molecule has 0 bridgehead atoms. The van der Waals surface area contributed by atoms with Gasteiger partial charge >= 0.3 is 0 Å². The second-order valence-corrected chi connectivity index (χ2v) is 6.14. The van der Waals surface area contributed by atoms with Gasteiger partial charge in [0.25, 0.3) is 0 Å². The molecule has 0 saturated heterocycles. The van der Waals surface area contributed by atoms with Crippen LogP contribution in [0.5, 0.6) is 0 Å². The molecule has 0 unspecified atom stereocenters. The predicted octanol–water partition coefficient (Wildman–Crippen LogP) is 2.71. The van der Waals surface area contributed by atoms with Crippen molar-refractivity contribution in [3.63, 3.8) is 0 Å². The van der Waals surface area contributed by atoms with Crippen molar-refractivity contribution in [3.8, 4) is 0 Å². The number of aliphatic imine (C=N–C) groups is 1. The molecule has 0 aromatic carbocycles. The summed E-state index contributed by atoms with van der Waals surface area (Å²) in [5, 5.41) is 14.6. The normalized spacial score (nSPS) is 16.2. The summed E-state index contributed by atoms with van der Waals surface area (Å²) in [6.45, 7) is 7.83. The number of aryl methyl sites for hydroxylation is 1. The Morgan fingerprint density at radius 3 is 2.68 bits per heavy atom. The molecule has 1 saturated carbocycles. The Morgan fingerprint density at radius 2 is 2.00 bits per heavy atom. The lowest BCUT2D eigenvalue weighted by atomic mass is 10.1. The third-order valence-corrected chi connectivity index (χ3v) is 4.31. The minimum atomic E-state index is 0. The molecule has 7 nitrogen and oxygen atoms in total. The lowest BCUT2D eigenvalue weighted by molar-refractivity contribution is 0.0468. The van der Waals surface area contributed by atoms with Crippen LogP contribution in [-0.2, 0) is 17.8 Å². The van der Waals surface area contributed by atoms with Gasteiger partial charge in [-0.25, -0.2) is 4.99 Å².